The van der Waals surface area contributed by atoms with Crippen LogP contribution in [-0.4, -0.2) is 23.9 Å². The summed E-state index contributed by atoms with van der Waals surface area (Å²) in [6, 6.07) is 12.9. The highest BCUT2D eigenvalue weighted by Crippen LogP contribution is 2.22. The Morgan fingerprint density at radius 2 is 1.87 bits per heavy atom. The van der Waals surface area contributed by atoms with Gasteiger partial charge in [0, 0.05) is 5.56 Å². The molecule has 5 heteroatoms. The fourth-order valence-electron chi connectivity index (χ4n) is 2.21. The Bertz CT molecular complexity index is 738. The smallest absolute Gasteiger partial charge is 0.358 e. The molecule has 0 radical (unpaired) electrons. The lowest BCUT2D eigenvalue weighted by Crippen LogP contribution is -2.17. The Balaban J connectivity index is 2.29. The van der Waals surface area contributed by atoms with Crippen LogP contribution in [0.25, 0.3) is 0 Å². The molecule has 0 aromatic heterocycles. The topological polar surface area (TPSA) is 68.1 Å². The van der Waals surface area contributed by atoms with Crippen LogP contribution in [0.3, 0.4) is 0 Å². The highest BCUT2D eigenvalue weighted by atomic mass is 16.6. The Morgan fingerprint density at radius 3 is 2.57 bits per heavy atom. The summed E-state index contributed by atoms with van der Waals surface area (Å²) in [5.74, 6) is -0.369. The first-order valence-electron chi connectivity index (χ1n) is 7.16. The molecule has 0 heterocycles. The summed E-state index contributed by atoms with van der Waals surface area (Å²) in [6.07, 6.45) is 0. The van der Waals surface area contributed by atoms with E-state index in [9.17, 15) is 9.90 Å². The highest BCUT2D eigenvalue weighted by molar-refractivity contribution is 6.42. The van der Waals surface area contributed by atoms with E-state index in [1.807, 2.05) is 44.2 Å². The van der Waals surface area contributed by atoms with E-state index < -0.39 is 5.97 Å². The van der Waals surface area contributed by atoms with Gasteiger partial charge in [0.15, 0.2) is 5.71 Å². The van der Waals surface area contributed by atoms with Crippen LogP contribution in [0.2, 0.25) is 0 Å². The van der Waals surface area contributed by atoms with Crippen LogP contribution in [-0.2, 0) is 16.2 Å². The normalized spacial score (nSPS) is 11.2. The lowest BCUT2D eigenvalue weighted by Gasteiger charge is -2.13. The summed E-state index contributed by atoms with van der Waals surface area (Å²) in [5, 5.41) is 12.9. The zero-order valence-corrected chi connectivity index (χ0v) is 13.4. The molecule has 2 aromatic rings. The molecule has 0 aliphatic heterocycles. The number of aryl methyl sites for hydroxylation is 1. The molecule has 0 amide bonds. The maximum Gasteiger partial charge on any atom is 0.358 e. The number of nitrogens with zero attached hydrogens (tertiary/aromatic N) is 1. The number of ether oxygens (including phenoxy) is 1. The van der Waals surface area contributed by atoms with E-state index in [4.69, 9.17) is 4.74 Å². The third-order valence-corrected chi connectivity index (χ3v) is 3.60. The van der Waals surface area contributed by atoms with Gasteiger partial charge in [0.05, 0.1) is 0 Å². The van der Waals surface area contributed by atoms with Crippen molar-refractivity contribution in [1.82, 2.24) is 0 Å². The molecule has 0 fully saturated rings. The fourth-order valence-corrected chi connectivity index (χ4v) is 2.21. The molecule has 120 valence electrons. The minimum absolute atomic E-state index is 0.146. The summed E-state index contributed by atoms with van der Waals surface area (Å²) in [5.41, 5.74) is 3.27. The number of aliphatic carboxylic acids is 1. The van der Waals surface area contributed by atoms with Crippen molar-refractivity contribution in [3.63, 3.8) is 0 Å². The average Bonchev–Trinajstić information content (AvgIpc) is 2.54. The summed E-state index contributed by atoms with van der Waals surface area (Å²) in [7, 11) is 1.32. The van der Waals surface area contributed by atoms with E-state index in [1.165, 1.54) is 7.11 Å². The van der Waals surface area contributed by atoms with Crippen LogP contribution < -0.4 is 4.74 Å². The van der Waals surface area contributed by atoms with Gasteiger partial charge in [0.25, 0.3) is 0 Å². The molecule has 0 saturated heterocycles. The van der Waals surface area contributed by atoms with Gasteiger partial charge in [-0.1, -0.05) is 41.6 Å². The number of rotatable bonds is 6. The molecule has 2 rings (SSSR count). The van der Waals surface area contributed by atoms with Crippen molar-refractivity contribution in [2.24, 2.45) is 5.16 Å². The highest BCUT2D eigenvalue weighted by Gasteiger charge is 2.17. The quantitative estimate of drug-likeness (QED) is 0.656. The first kappa shape index (κ1) is 16.5. The van der Waals surface area contributed by atoms with Crippen molar-refractivity contribution >= 4 is 11.7 Å². The minimum Gasteiger partial charge on any atom is -0.489 e. The van der Waals surface area contributed by atoms with Crippen molar-refractivity contribution in [2.75, 3.05) is 7.11 Å². The maximum atomic E-state index is 11.4. The van der Waals surface area contributed by atoms with Crippen molar-refractivity contribution in [1.29, 1.82) is 0 Å². The SMILES string of the molecule is CO/N=C(/C(=O)O)c1ccccc1COc1cccc(C)c1C. The van der Waals surface area contributed by atoms with Gasteiger partial charge in [0.1, 0.15) is 19.5 Å². The van der Waals surface area contributed by atoms with Gasteiger partial charge in [-0.25, -0.2) is 4.79 Å². The third kappa shape index (κ3) is 3.88. The van der Waals surface area contributed by atoms with Gasteiger partial charge in [-0.15, -0.1) is 0 Å². The molecule has 0 spiro atoms. The van der Waals surface area contributed by atoms with E-state index in [-0.39, 0.29) is 12.3 Å². The van der Waals surface area contributed by atoms with Crippen molar-refractivity contribution in [3.8, 4) is 5.75 Å². The van der Waals surface area contributed by atoms with Crippen LogP contribution in [0.4, 0.5) is 0 Å². The number of carbonyl (C=O) groups is 1. The van der Waals surface area contributed by atoms with Gasteiger partial charge in [-0.2, -0.15) is 0 Å². The molecular formula is C18H19NO4. The number of carboxylic acid groups (broad SMARTS) is 1. The molecule has 0 unspecified atom stereocenters. The maximum absolute atomic E-state index is 11.4. The molecule has 0 bridgehead atoms. The second-order valence-corrected chi connectivity index (χ2v) is 5.07. The number of benzene rings is 2. The van der Waals surface area contributed by atoms with Crippen molar-refractivity contribution in [2.45, 2.75) is 20.5 Å². The number of hydrogen-bond donors (Lipinski definition) is 1. The predicted molar refractivity (Wildman–Crippen MR) is 87.9 cm³/mol. The first-order chi connectivity index (χ1) is 11.0. The van der Waals surface area contributed by atoms with Crippen LogP contribution >= 0.6 is 0 Å². The molecule has 2 aromatic carbocycles. The molecule has 0 atom stereocenters. The van der Waals surface area contributed by atoms with E-state index in [0.717, 1.165) is 22.4 Å². The van der Waals surface area contributed by atoms with Crippen molar-refractivity contribution < 1.29 is 19.5 Å². The molecule has 1 N–H and O–H groups in total. The lowest BCUT2D eigenvalue weighted by atomic mass is 10.0. The van der Waals surface area contributed by atoms with Crippen LogP contribution in [0.15, 0.2) is 47.6 Å². The number of oxime groups is 1. The summed E-state index contributed by atoms with van der Waals surface area (Å²) in [6.45, 7) is 4.26. The number of carboxylic acids is 1. The lowest BCUT2D eigenvalue weighted by molar-refractivity contribution is -0.129. The standard InChI is InChI=1S/C18H19NO4/c1-12-7-6-10-16(13(12)2)23-11-14-8-4-5-9-15(14)17(18(20)21)19-22-3/h4-10H,11H2,1-3H3,(H,20,21)/b19-17+. The van der Waals surface area contributed by atoms with Gasteiger partial charge >= 0.3 is 5.97 Å². The molecular weight excluding hydrogens is 294 g/mol. The van der Waals surface area contributed by atoms with Crippen LogP contribution in [0, 0.1) is 13.8 Å². The second-order valence-electron chi connectivity index (χ2n) is 5.07. The molecule has 23 heavy (non-hydrogen) atoms. The van der Waals surface area contributed by atoms with E-state index in [0.29, 0.717) is 5.56 Å². The zero-order chi connectivity index (χ0) is 16.8. The zero-order valence-electron chi connectivity index (χ0n) is 13.4. The number of hydrogen-bond acceptors (Lipinski definition) is 4. The Kier molecular flexibility index (Phi) is 5.36. The minimum atomic E-state index is -1.15. The Labute approximate surface area is 135 Å². The van der Waals surface area contributed by atoms with Crippen LogP contribution in [0.5, 0.6) is 5.75 Å². The van der Waals surface area contributed by atoms with Crippen LogP contribution in [0.1, 0.15) is 22.3 Å². The fraction of sp³-hybridized carbons (Fsp3) is 0.222. The van der Waals surface area contributed by atoms with Gasteiger partial charge in [-0.3, -0.25) is 0 Å². The Morgan fingerprint density at radius 1 is 1.13 bits per heavy atom. The molecule has 0 saturated carbocycles. The molecule has 5 nitrogen and oxygen atoms in total. The average molecular weight is 313 g/mol. The van der Waals surface area contributed by atoms with E-state index in [2.05, 4.69) is 9.99 Å². The Hall–Kier alpha value is -2.82. The third-order valence-electron chi connectivity index (χ3n) is 3.60. The monoisotopic (exact) mass is 313 g/mol. The second kappa shape index (κ2) is 7.45. The summed E-state index contributed by atoms with van der Waals surface area (Å²) >= 11 is 0. The summed E-state index contributed by atoms with van der Waals surface area (Å²) < 4.78 is 5.86. The van der Waals surface area contributed by atoms with Gasteiger partial charge in [-0.05, 0) is 36.6 Å². The molecule has 0 aliphatic rings. The van der Waals surface area contributed by atoms with E-state index in [1.54, 1.807) is 12.1 Å². The largest absolute Gasteiger partial charge is 0.489 e. The molecule has 0 aliphatic carbocycles. The first-order valence-corrected chi connectivity index (χ1v) is 7.16. The van der Waals surface area contributed by atoms with Crippen molar-refractivity contribution in [3.05, 3.63) is 64.7 Å². The van der Waals surface area contributed by atoms with Gasteiger partial charge < -0.3 is 14.7 Å². The van der Waals surface area contributed by atoms with E-state index >= 15 is 0 Å². The summed E-state index contributed by atoms with van der Waals surface area (Å²) in [4.78, 5) is 16.0. The van der Waals surface area contributed by atoms with Gasteiger partial charge in [0.2, 0.25) is 0 Å². The predicted octanol–water partition coefficient (Wildman–Crippen LogP) is 3.32.